The van der Waals surface area contributed by atoms with Gasteiger partial charge < -0.3 is 5.32 Å². The number of nitrogens with one attached hydrogen (secondary N) is 2. The first-order valence-electron chi connectivity index (χ1n) is 4.68. The van der Waals surface area contributed by atoms with Crippen molar-refractivity contribution in [3.63, 3.8) is 0 Å². The van der Waals surface area contributed by atoms with Gasteiger partial charge in [0.15, 0.2) is 0 Å². The van der Waals surface area contributed by atoms with Crippen molar-refractivity contribution in [1.82, 2.24) is 10.9 Å². The van der Waals surface area contributed by atoms with E-state index in [4.69, 9.17) is 0 Å². The summed E-state index contributed by atoms with van der Waals surface area (Å²) in [5, 5.41) is 2.58. The lowest BCUT2D eigenvalue weighted by Gasteiger charge is -2.04. The number of amides is 1. The number of halogens is 1. The molecule has 0 saturated carbocycles. The second-order valence-corrected chi connectivity index (χ2v) is 2.89. The number of hydrogen-bond donors (Lipinski definition) is 2. The summed E-state index contributed by atoms with van der Waals surface area (Å²) in [5.41, 5.74) is 2.02. The minimum Gasteiger partial charge on any atom is -0.351 e. The minimum absolute atomic E-state index is 0.110. The van der Waals surface area contributed by atoms with E-state index in [1.54, 1.807) is 24.3 Å². The monoisotopic (exact) mass is 208 g/mol. The highest BCUT2D eigenvalue weighted by Crippen LogP contribution is 2.01. The zero-order chi connectivity index (χ0) is 10.9. The van der Waals surface area contributed by atoms with Crippen molar-refractivity contribution in [3.8, 4) is 0 Å². The van der Waals surface area contributed by atoms with Gasteiger partial charge in [0.1, 0.15) is 0 Å². The SMILES string of the molecule is O=C(NCCNF)C1=C/C=C\C=C/C=C\1. The van der Waals surface area contributed by atoms with E-state index in [-0.39, 0.29) is 19.0 Å². The normalized spacial score (nSPS) is 24.2. The molecule has 0 saturated heterocycles. The second-order valence-electron chi connectivity index (χ2n) is 2.89. The van der Waals surface area contributed by atoms with Crippen molar-refractivity contribution >= 4 is 5.91 Å². The Labute approximate surface area is 88.0 Å². The minimum atomic E-state index is -0.207. The average molecular weight is 208 g/mol. The molecule has 1 aliphatic carbocycles. The van der Waals surface area contributed by atoms with E-state index in [1.807, 2.05) is 18.2 Å². The Morgan fingerprint density at radius 2 is 1.87 bits per heavy atom. The van der Waals surface area contributed by atoms with Crippen LogP contribution in [0, 0.1) is 0 Å². The quantitative estimate of drug-likeness (QED) is 0.538. The largest absolute Gasteiger partial charge is 0.351 e. The molecule has 0 spiro atoms. The van der Waals surface area contributed by atoms with Crippen LogP contribution in [-0.2, 0) is 4.79 Å². The first-order valence-corrected chi connectivity index (χ1v) is 4.68. The highest BCUT2D eigenvalue weighted by molar-refractivity contribution is 5.96. The van der Waals surface area contributed by atoms with Crippen molar-refractivity contribution in [2.24, 2.45) is 0 Å². The van der Waals surface area contributed by atoms with Crippen LogP contribution >= 0.6 is 0 Å². The van der Waals surface area contributed by atoms with Gasteiger partial charge >= 0.3 is 0 Å². The fraction of sp³-hybridized carbons (Fsp3) is 0.182. The van der Waals surface area contributed by atoms with Crippen LogP contribution in [0.5, 0.6) is 0 Å². The van der Waals surface area contributed by atoms with Crippen LogP contribution in [0.25, 0.3) is 0 Å². The van der Waals surface area contributed by atoms with Crippen molar-refractivity contribution < 1.29 is 9.28 Å². The molecule has 15 heavy (non-hydrogen) atoms. The topological polar surface area (TPSA) is 41.1 Å². The summed E-state index contributed by atoms with van der Waals surface area (Å²) in [6.45, 7) is 0.374. The molecule has 4 heteroatoms. The van der Waals surface area contributed by atoms with E-state index in [0.29, 0.717) is 5.57 Å². The third-order valence-electron chi connectivity index (χ3n) is 1.76. The molecule has 0 radical (unpaired) electrons. The summed E-state index contributed by atoms with van der Waals surface area (Å²) < 4.78 is 11.6. The summed E-state index contributed by atoms with van der Waals surface area (Å²) >= 11 is 0. The second kappa shape index (κ2) is 6.73. The van der Waals surface area contributed by atoms with E-state index >= 15 is 0 Å². The summed E-state index contributed by atoms with van der Waals surface area (Å²) in [7, 11) is 0. The molecule has 0 bridgehead atoms. The Morgan fingerprint density at radius 3 is 2.67 bits per heavy atom. The summed E-state index contributed by atoms with van der Waals surface area (Å²) in [5.74, 6) is -0.207. The van der Waals surface area contributed by atoms with Crippen LogP contribution in [0.1, 0.15) is 0 Å². The predicted molar refractivity (Wildman–Crippen MR) is 57.6 cm³/mol. The summed E-state index contributed by atoms with van der Waals surface area (Å²) in [6, 6.07) is 0. The van der Waals surface area contributed by atoms with Crippen LogP contribution in [0.3, 0.4) is 0 Å². The van der Waals surface area contributed by atoms with Gasteiger partial charge in [-0.1, -0.05) is 30.4 Å². The molecule has 0 aromatic heterocycles. The Hall–Kier alpha value is -1.68. The van der Waals surface area contributed by atoms with Crippen molar-refractivity contribution in [1.29, 1.82) is 0 Å². The number of rotatable bonds is 4. The zero-order valence-electron chi connectivity index (χ0n) is 8.24. The van der Waals surface area contributed by atoms with Crippen LogP contribution < -0.4 is 10.9 Å². The van der Waals surface area contributed by atoms with Crippen LogP contribution in [0.15, 0.2) is 48.1 Å². The maximum absolute atomic E-state index is 11.6. The molecule has 1 rings (SSSR count). The molecule has 0 aliphatic heterocycles. The average Bonchev–Trinajstić information content (AvgIpc) is 2.17. The van der Waals surface area contributed by atoms with Gasteiger partial charge in [-0.2, -0.15) is 5.54 Å². The molecule has 80 valence electrons. The van der Waals surface area contributed by atoms with Gasteiger partial charge in [-0.3, -0.25) is 4.79 Å². The molecule has 1 aliphatic rings. The molecule has 0 atom stereocenters. The first-order chi connectivity index (χ1) is 7.34. The van der Waals surface area contributed by atoms with E-state index < -0.39 is 0 Å². The van der Waals surface area contributed by atoms with E-state index in [0.717, 1.165) is 0 Å². The first kappa shape index (κ1) is 11.4. The molecule has 0 heterocycles. The smallest absolute Gasteiger partial charge is 0.251 e. The van der Waals surface area contributed by atoms with Crippen molar-refractivity contribution in [2.75, 3.05) is 13.1 Å². The van der Waals surface area contributed by atoms with Crippen LogP contribution in [-0.4, -0.2) is 19.0 Å². The fourth-order valence-corrected chi connectivity index (χ4v) is 1.04. The van der Waals surface area contributed by atoms with E-state index in [1.165, 1.54) is 5.54 Å². The van der Waals surface area contributed by atoms with Crippen molar-refractivity contribution in [2.45, 2.75) is 0 Å². The highest BCUT2D eigenvalue weighted by atomic mass is 19.2. The molecule has 0 aromatic rings. The molecular weight excluding hydrogens is 195 g/mol. The molecule has 1 amide bonds. The summed E-state index contributed by atoms with van der Waals surface area (Å²) in [4.78, 5) is 11.5. The molecule has 0 fully saturated rings. The van der Waals surface area contributed by atoms with Gasteiger partial charge in [0.2, 0.25) is 0 Å². The predicted octanol–water partition coefficient (Wildman–Crippen LogP) is 1.19. The number of hydrogen-bond acceptors (Lipinski definition) is 2. The maximum atomic E-state index is 11.6. The van der Waals surface area contributed by atoms with Crippen molar-refractivity contribution in [3.05, 3.63) is 48.1 Å². The van der Waals surface area contributed by atoms with Gasteiger partial charge in [0.25, 0.3) is 5.91 Å². The number of carbonyl (C=O) groups excluding carboxylic acids is 1. The Bertz CT molecular complexity index is 329. The highest BCUT2D eigenvalue weighted by Gasteiger charge is 2.03. The Kier molecular flexibility index (Phi) is 5.11. The lowest BCUT2D eigenvalue weighted by molar-refractivity contribution is -0.117. The lowest BCUT2D eigenvalue weighted by atomic mass is 10.1. The molecule has 3 nitrogen and oxygen atoms in total. The Morgan fingerprint density at radius 1 is 1.13 bits per heavy atom. The number of allylic oxidation sites excluding steroid dienone is 6. The standard InChI is InChI=1S/C11H13FN2O/c12-14-9-8-13-11(15)10-6-4-2-1-3-5-7-10/h1-7,14H,8-9H2,(H,13,15)/b2-1-,3-1?,4-2?,5-3-,6-4-,7-5?,10-6?,10-7+. The van der Waals surface area contributed by atoms with Gasteiger partial charge in [0.05, 0.1) is 0 Å². The fourth-order valence-electron chi connectivity index (χ4n) is 1.04. The van der Waals surface area contributed by atoms with Gasteiger partial charge in [-0.25, -0.2) is 0 Å². The molecule has 0 aromatic carbocycles. The van der Waals surface area contributed by atoms with Gasteiger partial charge in [0, 0.05) is 18.7 Å². The third kappa shape index (κ3) is 4.37. The Balaban J connectivity index is 2.51. The summed E-state index contributed by atoms with van der Waals surface area (Å²) in [6.07, 6.45) is 12.5. The van der Waals surface area contributed by atoms with E-state index in [2.05, 4.69) is 5.32 Å². The van der Waals surface area contributed by atoms with Gasteiger partial charge in [-0.05, 0) is 12.2 Å². The molecular formula is C11H13FN2O. The van der Waals surface area contributed by atoms with Gasteiger partial charge in [-0.15, -0.1) is 4.48 Å². The number of carbonyl (C=O) groups is 1. The molecule has 2 N–H and O–H groups in total. The zero-order valence-corrected chi connectivity index (χ0v) is 8.24. The maximum Gasteiger partial charge on any atom is 0.251 e. The molecule has 0 unspecified atom stereocenters. The van der Waals surface area contributed by atoms with Crippen LogP contribution in [0.4, 0.5) is 4.48 Å². The third-order valence-corrected chi connectivity index (χ3v) is 1.76. The van der Waals surface area contributed by atoms with Crippen LogP contribution in [0.2, 0.25) is 0 Å². The van der Waals surface area contributed by atoms with E-state index in [9.17, 15) is 9.28 Å². The lowest BCUT2D eigenvalue weighted by Crippen LogP contribution is -2.30.